The van der Waals surface area contributed by atoms with Gasteiger partial charge >= 0.3 is 0 Å². The molecule has 1 aromatic rings. The van der Waals surface area contributed by atoms with E-state index in [2.05, 4.69) is 6.07 Å². The molecule has 0 amide bonds. The first kappa shape index (κ1) is 12.6. The van der Waals surface area contributed by atoms with E-state index in [1.165, 1.54) is 19.3 Å². The number of hydrogen-bond donors (Lipinski definition) is 2. The van der Waals surface area contributed by atoms with Crippen LogP contribution >= 0.6 is 0 Å². The Kier molecular flexibility index (Phi) is 3.85. The Labute approximate surface area is 104 Å². The van der Waals surface area contributed by atoms with Crippen LogP contribution < -0.4 is 5.73 Å². The molecule has 0 heterocycles. The van der Waals surface area contributed by atoms with Crippen LogP contribution in [-0.2, 0) is 12.1 Å². The van der Waals surface area contributed by atoms with Crippen molar-refractivity contribution in [1.82, 2.24) is 0 Å². The summed E-state index contributed by atoms with van der Waals surface area (Å²) in [6.07, 6.45) is 6.09. The van der Waals surface area contributed by atoms with Gasteiger partial charge in [-0.3, -0.25) is 0 Å². The molecule has 3 N–H and O–H groups in total. The highest BCUT2D eigenvalue weighted by molar-refractivity contribution is 5.28. The van der Waals surface area contributed by atoms with Crippen LogP contribution in [0.1, 0.15) is 50.2 Å². The summed E-state index contributed by atoms with van der Waals surface area (Å²) in [6, 6.07) is 8.08. The lowest BCUT2D eigenvalue weighted by atomic mass is 9.74. The second-order valence-electron chi connectivity index (χ2n) is 5.39. The molecule has 1 aliphatic carbocycles. The van der Waals surface area contributed by atoms with Crippen molar-refractivity contribution in [3.8, 4) is 0 Å². The molecule has 1 fully saturated rings. The van der Waals surface area contributed by atoms with E-state index in [4.69, 9.17) is 5.73 Å². The zero-order chi connectivity index (χ0) is 12.3. The topological polar surface area (TPSA) is 46.2 Å². The Bertz CT molecular complexity index is 367. The van der Waals surface area contributed by atoms with Gasteiger partial charge in [-0.1, -0.05) is 43.5 Å². The van der Waals surface area contributed by atoms with Crippen molar-refractivity contribution in [2.75, 3.05) is 0 Å². The first-order chi connectivity index (χ1) is 8.14. The molecule has 17 heavy (non-hydrogen) atoms. The molecule has 0 spiro atoms. The molecule has 1 atom stereocenters. The van der Waals surface area contributed by atoms with Crippen molar-refractivity contribution < 1.29 is 5.11 Å². The molecule has 1 aliphatic rings. The Balaban J connectivity index is 2.22. The van der Waals surface area contributed by atoms with Gasteiger partial charge < -0.3 is 10.8 Å². The zero-order valence-electron chi connectivity index (χ0n) is 10.7. The van der Waals surface area contributed by atoms with E-state index in [1.54, 1.807) is 0 Å². The van der Waals surface area contributed by atoms with Gasteiger partial charge in [0.25, 0.3) is 0 Å². The summed E-state index contributed by atoms with van der Waals surface area (Å²) in [7, 11) is 0. The summed E-state index contributed by atoms with van der Waals surface area (Å²) in [6.45, 7) is 2.49. The first-order valence-corrected chi connectivity index (χ1v) is 6.66. The quantitative estimate of drug-likeness (QED) is 0.843. The maximum atomic E-state index is 10.8. The molecule has 0 aliphatic heterocycles. The predicted octanol–water partition coefficient (Wildman–Crippen LogP) is 2.93. The highest BCUT2D eigenvalue weighted by atomic mass is 16.3. The smallest absolute Gasteiger partial charge is 0.0896 e. The van der Waals surface area contributed by atoms with E-state index >= 15 is 0 Å². The maximum Gasteiger partial charge on any atom is 0.0896 e. The Morgan fingerprint density at radius 1 is 1.29 bits per heavy atom. The number of rotatable bonds is 3. The van der Waals surface area contributed by atoms with Crippen LogP contribution in [0.5, 0.6) is 0 Å². The Morgan fingerprint density at radius 2 is 2.00 bits per heavy atom. The SMILES string of the molecule is CC(O)(c1cccc(CN)c1)C1CCCCC1. The molecule has 0 aromatic heterocycles. The molecule has 1 saturated carbocycles. The van der Waals surface area contributed by atoms with Crippen molar-refractivity contribution in [3.05, 3.63) is 35.4 Å². The molecule has 0 saturated heterocycles. The number of nitrogens with two attached hydrogens (primary N) is 1. The summed E-state index contributed by atoms with van der Waals surface area (Å²) in [5.41, 5.74) is 7.07. The standard InChI is InChI=1S/C15H23NO/c1-15(17,13-7-3-2-4-8-13)14-9-5-6-12(10-14)11-16/h5-6,9-10,13,17H,2-4,7-8,11,16H2,1H3. The largest absolute Gasteiger partial charge is 0.385 e. The fourth-order valence-electron chi connectivity index (χ4n) is 2.91. The van der Waals surface area contributed by atoms with Crippen molar-refractivity contribution in [1.29, 1.82) is 0 Å². The lowest BCUT2D eigenvalue weighted by molar-refractivity contribution is -0.0215. The van der Waals surface area contributed by atoms with Crippen LogP contribution in [0.25, 0.3) is 0 Å². The molecule has 0 radical (unpaired) electrons. The van der Waals surface area contributed by atoms with Crippen LogP contribution in [0.2, 0.25) is 0 Å². The number of aliphatic hydroxyl groups is 1. The first-order valence-electron chi connectivity index (χ1n) is 6.66. The van der Waals surface area contributed by atoms with Gasteiger partial charge in [0.1, 0.15) is 0 Å². The molecule has 2 rings (SSSR count). The Hall–Kier alpha value is -0.860. The van der Waals surface area contributed by atoms with Gasteiger partial charge in [-0.25, -0.2) is 0 Å². The predicted molar refractivity (Wildman–Crippen MR) is 70.5 cm³/mol. The lowest BCUT2D eigenvalue weighted by Crippen LogP contribution is -2.33. The minimum Gasteiger partial charge on any atom is -0.385 e. The third-order valence-corrected chi connectivity index (χ3v) is 4.15. The van der Waals surface area contributed by atoms with E-state index in [0.29, 0.717) is 12.5 Å². The average Bonchev–Trinajstić information content (AvgIpc) is 2.40. The molecule has 0 bridgehead atoms. The summed E-state index contributed by atoms with van der Waals surface area (Å²) in [5, 5.41) is 10.8. The van der Waals surface area contributed by atoms with E-state index in [-0.39, 0.29) is 0 Å². The summed E-state index contributed by atoms with van der Waals surface area (Å²) in [4.78, 5) is 0. The van der Waals surface area contributed by atoms with Gasteiger partial charge in [0, 0.05) is 6.54 Å². The minimum absolute atomic E-state index is 0.393. The molecular formula is C15H23NO. The molecule has 1 aromatic carbocycles. The van der Waals surface area contributed by atoms with Crippen LogP contribution in [0.3, 0.4) is 0 Å². The normalized spacial score (nSPS) is 21.1. The lowest BCUT2D eigenvalue weighted by Gasteiger charge is -2.36. The van der Waals surface area contributed by atoms with E-state index in [0.717, 1.165) is 24.0 Å². The monoisotopic (exact) mass is 233 g/mol. The maximum absolute atomic E-state index is 10.8. The third kappa shape index (κ3) is 2.70. The molecule has 2 nitrogen and oxygen atoms in total. The zero-order valence-corrected chi connectivity index (χ0v) is 10.7. The molecule has 2 heteroatoms. The number of benzene rings is 1. The van der Waals surface area contributed by atoms with Gasteiger partial charge in [-0.2, -0.15) is 0 Å². The van der Waals surface area contributed by atoms with Crippen LogP contribution in [0.15, 0.2) is 24.3 Å². The van der Waals surface area contributed by atoms with Crippen LogP contribution in [0.4, 0.5) is 0 Å². The minimum atomic E-state index is -0.703. The number of hydrogen-bond acceptors (Lipinski definition) is 2. The van der Waals surface area contributed by atoms with Gasteiger partial charge in [0.05, 0.1) is 5.60 Å². The van der Waals surface area contributed by atoms with Gasteiger partial charge in [-0.15, -0.1) is 0 Å². The van der Waals surface area contributed by atoms with Gasteiger partial charge in [-0.05, 0) is 36.8 Å². The second kappa shape index (κ2) is 5.19. The van der Waals surface area contributed by atoms with E-state index in [1.807, 2.05) is 25.1 Å². The van der Waals surface area contributed by atoms with Crippen LogP contribution in [-0.4, -0.2) is 5.11 Å². The molecular weight excluding hydrogens is 210 g/mol. The third-order valence-electron chi connectivity index (χ3n) is 4.15. The molecule has 1 unspecified atom stereocenters. The van der Waals surface area contributed by atoms with Gasteiger partial charge in [0.2, 0.25) is 0 Å². The summed E-state index contributed by atoms with van der Waals surface area (Å²) >= 11 is 0. The van der Waals surface area contributed by atoms with E-state index in [9.17, 15) is 5.11 Å². The fraction of sp³-hybridized carbons (Fsp3) is 0.600. The fourth-order valence-corrected chi connectivity index (χ4v) is 2.91. The van der Waals surface area contributed by atoms with E-state index < -0.39 is 5.60 Å². The average molecular weight is 233 g/mol. The van der Waals surface area contributed by atoms with Gasteiger partial charge in [0.15, 0.2) is 0 Å². The summed E-state index contributed by atoms with van der Waals surface area (Å²) < 4.78 is 0. The van der Waals surface area contributed by atoms with Crippen molar-refractivity contribution in [2.45, 2.75) is 51.2 Å². The summed E-state index contributed by atoms with van der Waals surface area (Å²) in [5.74, 6) is 0.393. The highest BCUT2D eigenvalue weighted by Gasteiger charge is 2.34. The molecule has 94 valence electrons. The van der Waals surface area contributed by atoms with Crippen molar-refractivity contribution in [3.63, 3.8) is 0 Å². The van der Waals surface area contributed by atoms with Crippen molar-refractivity contribution >= 4 is 0 Å². The second-order valence-corrected chi connectivity index (χ2v) is 5.39. The Morgan fingerprint density at radius 3 is 2.65 bits per heavy atom. The van der Waals surface area contributed by atoms with Crippen LogP contribution in [0, 0.1) is 5.92 Å². The highest BCUT2D eigenvalue weighted by Crippen LogP contribution is 2.39. The van der Waals surface area contributed by atoms with Crippen molar-refractivity contribution in [2.24, 2.45) is 11.7 Å².